The topological polar surface area (TPSA) is 59.0 Å². The van der Waals surface area contributed by atoms with Crippen LogP contribution in [0.2, 0.25) is 10.0 Å². The molecule has 0 saturated heterocycles. The highest BCUT2D eigenvalue weighted by Gasteiger charge is 2.33. The fourth-order valence-electron chi connectivity index (χ4n) is 3.21. The molecule has 1 heterocycles. The van der Waals surface area contributed by atoms with Gasteiger partial charge >= 0.3 is 0 Å². The first-order valence-electron chi connectivity index (χ1n) is 9.81. The molecule has 1 aliphatic heterocycles. The highest BCUT2D eigenvalue weighted by atomic mass is 35.5. The van der Waals surface area contributed by atoms with E-state index < -0.39 is 11.8 Å². The van der Waals surface area contributed by atoms with Gasteiger partial charge in [-0.2, -0.15) is 10.1 Å². The second kappa shape index (κ2) is 9.39. The Morgan fingerprint density at radius 2 is 1.75 bits per heavy atom. The zero-order chi connectivity index (χ0) is 22.7. The number of nitrogens with zero attached hydrogens (tertiary/aromatic N) is 2. The number of hydrogen-bond acceptors (Lipinski definition) is 4. The molecule has 3 aromatic rings. The van der Waals surface area contributed by atoms with Crippen molar-refractivity contribution < 1.29 is 14.3 Å². The average Bonchev–Trinajstić information content (AvgIpc) is 3.08. The first-order valence-corrected chi connectivity index (χ1v) is 10.6. The van der Waals surface area contributed by atoms with Crippen LogP contribution in [-0.4, -0.2) is 22.5 Å². The largest absolute Gasteiger partial charge is 0.488 e. The van der Waals surface area contributed by atoms with Gasteiger partial charge in [-0.1, -0.05) is 65.7 Å². The van der Waals surface area contributed by atoms with Gasteiger partial charge in [0.2, 0.25) is 0 Å². The first-order chi connectivity index (χ1) is 15.4. The maximum atomic E-state index is 13.0. The van der Waals surface area contributed by atoms with E-state index in [0.29, 0.717) is 38.2 Å². The lowest BCUT2D eigenvalue weighted by Gasteiger charge is -2.12. The predicted octanol–water partition coefficient (Wildman–Crippen LogP) is 6.01. The Balaban J connectivity index is 1.57. The fourth-order valence-corrected chi connectivity index (χ4v) is 3.67. The SMILES string of the molecule is CC1=NN(C(=O)c2ccccc2)C(=O)/C1=C/c1ccccc1OCc1ccc(Cl)cc1Cl. The lowest BCUT2D eigenvalue weighted by Crippen LogP contribution is -2.29. The number of halogens is 2. The van der Waals surface area contributed by atoms with E-state index in [1.54, 1.807) is 67.6 Å². The molecule has 5 nitrogen and oxygen atoms in total. The van der Waals surface area contributed by atoms with Crippen LogP contribution in [0, 0.1) is 0 Å². The molecule has 0 spiro atoms. The van der Waals surface area contributed by atoms with Gasteiger partial charge in [-0.05, 0) is 43.3 Å². The molecule has 0 aromatic heterocycles. The van der Waals surface area contributed by atoms with Gasteiger partial charge in [-0.3, -0.25) is 9.59 Å². The Kier molecular flexibility index (Phi) is 6.40. The second-order valence-corrected chi connectivity index (χ2v) is 7.94. The average molecular weight is 465 g/mol. The van der Waals surface area contributed by atoms with Crippen molar-refractivity contribution in [3.05, 3.63) is 105 Å². The number of carbonyl (C=O) groups is 2. The monoisotopic (exact) mass is 464 g/mol. The van der Waals surface area contributed by atoms with Crippen molar-refractivity contribution in [3.63, 3.8) is 0 Å². The van der Waals surface area contributed by atoms with Crippen molar-refractivity contribution in [1.82, 2.24) is 5.01 Å². The Labute approximate surface area is 195 Å². The summed E-state index contributed by atoms with van der Waals surface area (Å²) in [5.74, 6) is -0.383. The highest BCUT2D eigenvalue weighted by Crippen LogP contribution is 2.27. The quantitative estimate of drug-likeness (QED) is 0.342. The smallest absolute Gasteiger partial charge is 0.283 e. The molecule has 7 heteroatoms. The third-order valence-electron chi connectivity index (χ3n) is 4.89. The number of carbonyl (C=O) groups excluding carboxylic acids is 2. The van der Waals surface area contributed by atoms with Crippen LogP contribution in [0.25, 0.3) is 6.08 Å². The number of ether oxygens (including phenoxy) is 1. The molecular formula is C25H18Cl2N2O3. The number of hydrazone groups is 1. The Hall–Kier alpha value is -3.41. The summed E-state index contributed by atoms with van der Waals surface area (Å²) in [5, 5.41) is 6.14. The zero-order valence-electron chi connectivity index (χ0n) is 17.1. The molecule has 1 aliphatic rings. The van der Waals surface area contributed by atoms with E-state index in [0.717, 1.165) is 10.6 Å². The molecule has 0 unspecified atom stereocenters. The lowest BCUT2D eigenvalue weighted by atomic mass is 10.1. The number of para-hydroxylation sites is 1. The van der Waals surface area contributed by atoms with Crippen molar-refractivity contribution in [1.29, 1.82) is 0 Å². The molecule has 0 bridgehead atoms. The number of benzene rings is 3. The minimum atomic E-state index is -0.480. The van der Waals surface area contributed by atoms with Gasteiger partial charge in [0.15, 0.2) is 0 Å². The number of imide groups is 1. The fraction of sp³-hybridized carbons (Fsp3) is 0.0800. The van der Waals surface area contributed by atoms with Gasteiger partial charge < -0.3 is 4.74 Å². The van der Waals surface area contributed by atoms with E-state index >= 15 is 0 Å². The molecule has 0 aliphatic carbocycles. The third kappa shape index (κ3) is 4.59. The number of amides is 2. The summed E-state index contributed by atoms with van der Waals surface area (Å²) in [6, 6.07) is 21.1. The van der Waals surface area contributed by atoms with Crippen LogP contribution in [-0.2, 0) is 11.4 Å². The Morgan fingerprint density at radius 1 is 1.03 bits per heavy atom. The molecule has 2 amide bonds. The van der Waals surface area contributed by atoms with Crippen LogP contribution >= 0.6 is 23.2 Å². The summed E-state index contributed by atoms with van der Waals surface area (Å²) in [6.07, 6.45) is 1.68. The Morgan fingerprint density at radius 3 is 2.50 bits per heavy atom. The molecule has 0 saturated carbocycles. The van der Waals surface area contributed by atoms with E-state index in [4.69, 9.17) is 27.9 Å². The third-order valence-corrected chi connectivity index (χ3v) is 5.48. The minimum absolute atomic E-state index is 0.232. The van der Waals surface area contributed by atoms with E-state index in [1.165, 1.54) is 0 Å². The summed E-state index contributed by atoms with van der Waals surface area (Å²) in [7, 11) is 0. The number of hydrogen-bond donors (Lipinski definition) is 0. The molecule has 0 radical (unpaired) electrons. The lowest BCUT2D eigenvalue weighted by molar-refractivity contribution is -0.123. The van der Waals surface area contributed by atoms with Gasteiger partial charge in [0.05, 0.1) is 11.3 Å². The van der Waals surface area contributed by atoms with Crippen molar-refractivity contribution in [2.45, 2.75) is 13.5 Å². The molecule has 0 N–H and O–H groups in total. The normalized spacial score (nSPS) is 14.6. The van der Waals surface area contributed by atoms with E-state index in [-0.39, 0.29) is 6.61 Å². The molecule has 160 valence electrons. The van der Waals surface area contributed by atoms with Crippen molar-refractivity contribution in [3.8, 4) is 5.75 Å². The number of rotatable bonds is 5. The molecule has 0 fully saturated rings. The van der Waals surface area contributed by atoms with Gasteiger partial charge in [-0.15, -0.1) is 0 Å². The van der Waals surface area contributed by atoms with Crippen molar-refractivity contribution in [2.24, 2.45) is 5.10 Å². The van der Waals surface area contributed by atoms with Crippen LogP contribution in [0.5, 0.6) is 5.75 Å². The van der Waals surface area contributed by atoms with E-state index in [2.05, 4.69) is 5.10 Å². The summed E-state index contributed by atoms with van der Waals surface area (Å²) in [5.41, 5.74) is 2.64. The van der Waals surface area contributed by atoms with Gasteiger partial charge in [0, 0.05) is 26.7 Å². The molecule has 0 atom stereocenters. The second-order valence-electron chi connectivity index (χ2n) is 7.09. The van der Waals surface area contributed by atoms with Gasteiger partial charge in [0.1, 0.15) is 12.4 Å². The molecular weight excluding hydrogens is 447 g/mol. The summed E-state index contributed by atoms with van der Waals surface area (Å²) < 4.78 is 5.96. The van der Waals surface area contributed by atoms with Gasteiger partial charge in [-0.25, -0.2) is 0 Å². The standard InChI is InChI=1S/C25H18Cl2N2O3/c1-16-21(25(31)29(28-16)24(30)17-7-3-2-4-8-17)13-18-9-5-6-10-23(18)32-15-19-11-12-20(26)14-22(19)27/h2-14H,15H2,1H3/b21-13+. The van der Waals surface area contributed by atoms with Crippen molar-refractivity contribution in [2.75, 3.05) is 0 Å². The molecule has 4 rings (SSSR count). The maximum Gasteiger partial charge on any atom is 0.283 e. The van der Waals surface area contributed by atoms with Crippen LogP contribution in [0.3, 0.4) is 0 Å². The zero-order valence-corrected chi connectivity index (χ0v) is 18.6. The van der Waals surface area contributed by atoms with Gasteiger partial charge in [0.25, 0.3) is 11.8 Å². The Bertz CT molecular complexity index is 1250. The first kappa shape index (κ1) is 21.8. The highest BCUT2D eigenvalue weighted by molar-refractivity contribution is 6.35. The van der Waals surface area contributed by atoms with Crippen LogP contribution < -0.4 is 4.74 Å². The van der Waals surface area contributed by atoms with Crippen LogP contribution in [0.15, 0.2) is 83.5 Å². The minimum Gasteiger partial charge on any atom is -0.488 e. The summed E-state index contributed by atoms with van der Waals surface area (Å²) in [6.45, 7) is 1.93. The summed E-state index contributed by atoms with van der Waals surface area (Å²) >= 11 is 12.2. The van der Waals surface area contributed by atoms with E-state index in [1.807, 2.05) is 18.2 Å². The van der Waals surface area contributed by atoms with Crippen LogP contribution in [0.4, 0.5) is 0 Å². The molecule has 3 aromatic carbocycles. The maximum absolute atomic E-state index is 13.0. The van der Waals surface area contributed by atoms with E-state index in [9.17, 15) is 9.59 Å². The summed E-state index contributed by atoms with van der Waals surface area (Å²) in [4.78, 5) is 25.7. The molecule has 32 heavy (non-hydrogen) atoms. The van der Waals surface area contributed by atoms with Crippen LogP contribution in [0.1, 0.15) is 28.4 Å². The van der Waals surface area contributed by atoms with Crippen molar-refractivity contribution >= 4 is 46.8 Å². The predicted molar refractivity (Wildman–Crippen MR) is 126 cm³/mol.